The monoisotopic (exact) mass is 574 g/mol. The zero-order valence-electron chi connectivity index (χ0n) is 23.8. The number of phenolic OH excluding ortho intramolecular Hbond substituents is 2. The Kier molecular flexibility index (Phi) is 9.37. The van der Waals surface area contributed by atoms with Crippen LogP contribution in [0.5, 0.6) is 23.0 Å². The Morgan fingerprint density at radius 3 is 1.79 bits per heavy atom. The van der Waals surface area contributed by atoms with E-state index >= 15 is 0 Å². The van der Waals surface area contributed by atoms with Gasteiger partial charge in [-0.3, -0.25) is 9.59 Å². The van der Waals surface area contributed by atoms with E-state index in [4.69, 9.17) is 9.47 Å². The Bertz CT molecular complexity index is 1610. The topological polar surface area (TPSA) is 93.1 Å². The van der Waals surface area contributed by atoms with Crippen LogP contribution in [-0.2, 0) is 0 Å². The SMILES string of the molecule is C=CC1CC(/C=C/COc2ccc(C(=O)c3ccccc3)c(O)c2)C(COc2ccc(C(=O)c3ccccc3)c(O)c2)C1. The first-order valence-electron chi connectivity index (χ1n) is 14.3. The molecule has 6 heteroatoms. The Morgan fingerprint density at radius 1 is 0.744 bits per heavy atom. The first-order chi connectivity index (χ1) is 20.9. The first kappa shape index (κ1) is 29.4. The van der Waals surface area contributed by atoms with E-state index in [2.05, 4.69) is 12.7 Å². The van der Waals surface area contributed by atoms with E-state index in [1.165, 1.54) is 12.1 Å². The van der Waals surface area contributed by atoms with Gasteiger partial charge in [-0.25, -0.2) is 0 Å². The zero-order chi connectivity index (χ0) is 30.2. The van der Waals surface area contributed by atoms with Crippen LogP contribution in [0.4, 0.5) is 0 Å². The fraction of sp³-hybridized carbons (Fsp3) is 0.189. The predicted octanol–water partition coefficient (Wildman–Crippen LogP) is 7.40. The molecule has 0 amide bonds. The Morgan fingerprint density at radius 2 is 1.28 bits per heavy atom. The van der Waals surface area contributed by atoms with Crippen LogP contribution in [0.15, 0.2) is 122 Å². The van der Waals surface area contributed by atoms with Crippen molar-refractivity contribution in [3.05, 3.63) is 144 Å². The molecule has 0 bridgehead atoms. The molecular formula is C37H34O6. The van der Waals surface area contributed by atoms with Gasteiger partial charge in [0.1, 0.15) is 29.6 Å². The maximum Gasteiger partial charge on any atom is 0.196 e. The number of carbonyl (C=O) groups is 2. The van der Waals surface area contributed by atoms with Crippen molar-refractivity contribution in [2.75, 3.05) is 13.2 Å². The van der Waals surface area contributed by atoms with Crippen molar-refractivity contribution in [3.63, 3.8) is 0 Å². The van der Waals surface area contributed by atoms with Gasteiger partial charge < -0.3 is 19.7 Å². The molecule has 0 aliphatic heterocycles. The maximum absolute atomic E-state index is 12.7. The summed E-state index contributed by atoms with van der Waals surface area (Å²) in [6.45, 7) is 4.73. The van der Waals surface area contributed by atoms with Gasteiger partial charge >= 0.3 is 0 Å². The second-order valence-corrected chi connectivity index (χ2v) is 10.7. The van der Waals surface area contributed by atoms with Gasteiger partial charge in [-0.15, -0.1) is 6.58 Å². The molecular weight excluding hydrogens is 540 g/mol. The van der Waals surface area contributed by atoms with Crippen molar-refractivity contribution < 1.29 is 29.3 Å². The number of phenols is 2. The smallest absolute Gasteiger partial charge is 0.196 e. The number of aromatic hydroxyl groups is 2. The third-order valence-electron chi connectivity index (χ3n) is 7.81. The van der Waals surface area contributed by atoms with Crippen molar-refractivity contribution in [1.82, 2.24) is 0 Å². The standard InChI is InChI=1S/C37H34O6/c1-2-25-20-28(14-9-19-42-30-15-17-32(34(38)22-30)36(40)26-10-5-3-6-11-26)29(21-25)24-43-31-16-18-33(35(39)23-31)37(41)27-12-7-4-8-13-27/h2-18,22-23,25,28-29,38-39H,1,19-21,24H2/b14-9+. The number of hydrogen-bond acceptors (Lipinski definition) is 6. The third-order valence-corrected chi connectivity index (χ3v) is 7.81. The van der Waals surface area contributed by atoms with E-state index in [0.717, 1.165) is 12.8 Å². The summed E-state index contributed by atoms with van der Waals surface area (Å²) in [6, 6.07) is 27.2. The second kappa shape index (κ2) is 13.7. The maximum atomic E-state index is 12.7. The van der Waals surface area contributed by atoms with Gasteiger partial charge in [-0.05, 0) is 54.9 Å². The minimum atomic E-state index is -0.248. The molecule has 1 saturated carbocycles. The van der Waals surface area contributed by atoms with Gasteiger partial charge in [0.15, 0.2) is 11.6 Å². The highest BCUT2D eigenvalue weighted by atomic mass is 16.5. The summed E-state index contributed by atoms with van der Waals surface area (Å²) in [5.41, 5.74) is 1.48. The van der Waals surface area contributed by atoms with Crippen molar-refractivity contribution in [3.8, 4) is 23.0 Å². The number of rotatable bonds is 12. The average Bonchev–Trinajstić information content (AvgIpc) is 3.44. The van der Waals surface area contributed by atoms with E-state index in [1.54, 1.807) is 72.8 Å². The number of carbonyl (C=O) groups excluding carboxylic acids is 2. The van der Waals surface area contributed by atoms with Gasteiger partial charge in [0, 0.05) is 23.3 Å². The first-order valence-corrected chi connectivity index (χ1v) is 14.3. The van der Waals surface area contributed by atoms with Gasteiger partial charge in [0.05, 0.1) is 17.7 Å². The van der Waals surface area contributed by atoms with Crippen molar-refractivity contribution >= 4 is 11.6 Å². The lowest BCUT2D eigenvalue weighted by atomic mass is 9.96. The fourth-order valence-corrected chi connectivity index (χ4v) is 5.48. The van der Waals surface area contributed by atoms with Gasteiger partial charge in [0.2, 0.25) is 0 Å². The highest BCUT2D eigenvalue weighted by Gasteiger charge is 2.31. The third kappa shape index (κ3) is 7.22. The van der Waals surface area contributed by atoms with E-state index in [-0.39, 0.29) is 46.0 Å². The quantitative estimate of drug-likeness (QED) is 0.135. The molecule has 0 aromatic heterocycles. The molecule has 0 saturated heterocycles. The van der Waals surface area contributed by atoms with Crippen LogP contribution in [-0.4, -0.2) is 35.0 Å². The minimum Gasteiger partial charge on any atom is -0.507 e. The lowest BCUT2D eigenvalue weighted by Crippen LogP contribution is -2.15. The van der Waals surface area contributed by atoms with Crippen molar-refractivity contribution in [2.45, 2.75) is 12.8 Å². The summed E-state index contributed by atoms with van der Waals surface area (Å²) < 4.78 is 11.9. The zero-order valence-corrected chi connectivity index (χ0v) is 23.8. The molecule has 5 rings (SSSR count). The van der Waals surface area contributed by atoms with Crippen LogP contribution < -0.4 is 9.47 Å². The molecule has 0 spiro atoms. The molecule has 0 radical (unpaired) electrons. The predicted molar refractivity (Wildman–Crippen MR) is 166 cm³/mol. The Hall–Kier alpha value is -5.10. The summed E-state index contributed by atoms with van der Waals surface area (Å²) in [5.74, 6) is 1.10. The normalized spacial score (nSPS) is 17.9. The number of hydrogen-bond donors (Lipinski definition) is 2. The van der Waals surface area contributed by atoms with Gasteiger partial charge in [-0.1, -0.05) is 78.9 Å². The molecule has 3 atom stereocenters. The second-order valence-electron chi connectivity index (χ2n) is 10.7. The molecule has 4 aromatic rings. The number of allylic oxidation sites excluding steroid dienone is 2. The molecule has 4 aromatic carbocycles. The van der Waals surface area contributed by atoms with E-state index in [1.807, 2.05) is 24.3 Å². The van der Waals surface area contributed by atoms with E-state index in [0.29, 0.717) is 41.8 Å². The highest BCUT2D eigenvalue weighted by Crippen LogP contribution is 2.38. The van der Waals surface area contributed by atoms with Crippen LogP contribution in [0.2, 0.25) is 0 Å². The summed E-state index contributed by atoms with van der Waals surface area (Å²) in [6.07, 6.45) is 7.94. The number of benzene rings is 4. The highest BCUT2D eigenvalue weighted by molar-refractivity contribution is 6.11. The van der Waals surface area contributed by atoms with Gasteiger partial charge in [0.25, 0.3) is 0 Å². The fourth-order valence-electron chi connectivity index (χ4n) is 5.48. The summed E-state index contributed by atoms with van der Waals surface area (Å²) in [4.78, 5) is 25.4. The molecule has 43 heavy (non-hydrogen) atoms. The molecule has 218 valence electrons. The Balaban J connectivity index is 1.16. The molecule has 1 aliphatic carbocycles. The largest absolute Gasteiger partial charge is 0.507 e. The number of ether oxygens (including phenoxy) is 2. The minimum absolute atomic E-state index is 0.112. The lowest BCUT2D eigenvalue weighted by Gasteiger charge is -2.17. The molecule has 1 aliphatic rings. The van der Waals surface area contributed by atoms with Crippen LogP contribution in [0.3, 0.4) is 0 Å². The molecule has 0 heterocycles. The number of ketones is 2. The lowest BCUT2D eigenvalue weighted by molar-refractivity contribution is 0.102. The van der Waals surface area contributed by atoms with Crippen molar-refractivity contribution in [1.29, 1.82) is 0 Å². The van der Waals surface area contributed by atoms with Gasteiger partial charge in [-0.2, -0.15) is 0 Å². The van der Waals surface area contributed by atoms with E-state index < -0.39 is 0 Å². The van der Waals surface area contributed by atoms with Crippen molar-refractivity contribution in [2.24, 2.45) is 17.8 Å². The van der Waals surface area contributed by atoms with E-state index in [9.17, 15) is 19.8 Å². The Labute approximate surface area is 251 Å². The molecule has 6 nitrogen and oxygen atoms in total. The summed E-state index contributed by atoms with van der Waals surface area (Å²) in [7, 11) is 0. The van der Waals surface area contributed by atoms with Crippen LogP contribution in [0, 0.1) is 17.8 Å². The van der Waals surface area contributed by atoms with Crippen LogP contribution >= 0.6 is 0 Å². The molecule has 2 N–H and O–H groups in total. The molecule has 3 unspecified atom stereocenters. The molecule has 1 fully saturated rings. The van der Waals surface area contributed by atoms with Crippen LogP contribution in [0.1, 0.15) is 44.7 Å². The average molecular weight is 575 g/mol. The summed E-state index contributed by atoms with van der Waals surface area (Å²) >= 11 is 0. The summed E-state index contributed by atoms with van der Waals surface area (Å²) in [5, 5.41) is 21.0. The van der Waals surface area contributed by atoms with Crippen LogP contribution in [0.25, 0.3) is 0 Å².